The minimum Gasteiger partial charge on any atom is -0.453 e. The van der Waals surface area contributed by atoms with Crippen LogP contribution in [0, 0.1) is 5.92 Å². The second-order valence-electron chi connectivity index (χ2n) is 5.34. The normalized spacial score (nSPS) is 15.5. The van der Waals surface area contributed by atoms with Crippen molar-refractivity contribution in [1.82, 2.24) is 9.97 Å². The van der Waals surface area contributed by atoms with Crippen molar-refractivity contribution >= 4 is 34.8 Å². The number of hydrogen-bond acceptors (Lipinski definition) is 4. The molecule has 1 fully saturated rings. The molecule has 0 bridgehead atoms. The molecule has 1 aromatic carbocycles. The number of ether oxygens (including phenoxy) is 1. The molecule has 3 rings (SSSR count). The number of aromatic nitrogens is 2. The maximum Gasteiger partial charge on any atom is 0.413 e. The molecule has 0 radical (unpaired) electrons. The highest BCUT2D eigenvalue weighted by Gasteiger charge is 2.15. The number of carbonyl (C=O) groups is 1. The zero-order valence-corrected chi connectivity index (χ0v) is 12.8. The monoisotopic (exact) mass is 305 g/mol. The molecule has 6 heteroatoms. The van der Waals surface area contributed by atoms with Gasteiger partial charge in [0.15, 0.2) is 0 Å². The van der Waals surface area contributed by atoms with Crippen LogP contribution in [0.4, 0.5) is 10.7 Å². The van der Waals surface area contributed by atoms with Gasteiger partial charge in [0, 0.05) is 10.6 Å². The molecule has 112 valence electrons. The number of imidazole rings is 1. The van der Waals surface area contributed by atoms with Gasteiger partial charge in [-0.15, -0.1) is 11.8 Å². The molecule has 0 spiro atoms. The van der Waals surface area contributed by atoms with Crippen molar-refractivity contribution in [2.75, 3.05) is 18.2 Å². The number of rotatable bonds is 4. The molecule has 1 heterocycles. The number of hydrogen-bond donors (Lipinski definition) is 2. The molecule has 0 saturated heterocycles. The highest BCUT2D eigenvalue weighted by atomic mass is 32.2. The van der Waals surface area contributed by atoms with Gasteiger partial charge in [0.2, 0.25) is 5.95 Å². The predicted molar refractivity (Wildman–Crippen MR) is 84.8 cm³/mol. The Labute approximate surface area is 127 Å². The predicted octanol–water partition coefficient (Wildman–Crippen LogP) is 4.02. The Balaban J connectivity index is 1.68. The van der Waals surface area contributed by atoms with Gasteiger partial charge in [-0.25, -0.2) is 9.78 Å². The van der Waals surface area contributed by atoms with Crippen molar-refractivity contribution in [3.8, 4) is 0 Å². The first kappa shape index (κ1) is 14.3. The molecule has 2 aromatic rings. The molecule has 0 aliphatic heterocycles. The molecule has 5 nitrogen and oxygen atoms in total. The second-order valence-corrected chi connectivity index (χ2v) is 6.44. The maximum absolute atomic E-state index is 11.2. The van der Waals surface area contributed by atoms with E-state index >= 15 is 0 Å². The van der Waals surface area contributed by atoms with Crippen LogP contribution in [0.3, 0.4) is 0 Å². The van der Waals surface area contributed by atoms with Gasteiger partial charge >= 0.3 is 6.09 Å². The van der Waals surface area contributed by atoms with Gasteiger partial charge in [-0.3, -0.25) is 5.32 Å². The lowest BCUT2D eigenvalue weighted by Gasteiger charge is -2.07. The van der Waals surface area contributed by atoms with E-state index in [4.69, 9.17) is 0 Å². The number of nitrogens with one attached hydrogen (secondary N) is 2. The number of methoxy groups -OCH3 is 1. The SMILES string of the molecule is COC(=O)Nc1nc2cc(SCC3CCCC3)ccc2[nH]1. The fourth-order valence-electron chi connectivity index (χ4n) is 2.67. The molecule has 1 saturated carbocycles. The van der Waals surface area contributed by atoms with Gasteiger partial charge in [-0.05, 0) is 37.0 Å². The number of aromatic amines is 1. The summed E-state index contributed by atoms with van der Waals surface area (Å²) >= 11 is 1.89. The van der Waals surface area contributed by atoms with E-state index in [1.807, 2.05) is 17.8 Å². The van der Waals surface area contributed by atoms with Crippen molar-refractivity contribution in [2.45, 2.75) is 30.6 Å². The topological polar surface area (TPSA) is 67.0 Å². The summed E-state index contributed by atoms with van der Waals surface area (Å²) in [7, 11) is 1.33. The smallest absolute Gasteiger partial charge is 0.413 e. The van der Waals surface area contributed by atoms with Crippen molar-refractivity contribution in [2.24, 2.45) is 5.92 Å². The molecule has 1 amide bonds. The van der Waals surface area contributed by atoms with Crippen molar-refractivity contribution in [3.63, 3.8) is 0 Å². The van der Waals surface area contributed by atoms with Gasteiger partial charge in [-0.2, -0.15) is 0 Å². The number of fused-ring (bicyclic) bond motifs is 1. The number of carbonyl (C=O) groups excluding carboxylic acids is 1. The van der Waals surface area contributed by atoms with Crippen LogP contribution >= 0.6 is 11.8 Å². The average molecular weight is 305 g/mol. The zero-order chi connectivity index (χ0) is 14.7. The Morgan fingerprint density at radius 1 is 1.48 bits per heavy atom. The van der Waals surface area contributed by atoms with E-state index in [1.165, 1.54) is 43.4 Å². The third kappa shape index (κ3) is 3.50. The molecule has 1 aliphatic rings. The summed E-state index contributed by atoms with van der Waals surface area (Å²) in [4.78, 5) is 19.8. The summed E-state index contributed by atoms with van der Waals surface area (Å²) in [6.07, 6.45) is 4.97. The Hall–Kier alpha value is -1.69. The van der Waals surface area contributed by atoms with Crippen LogP contribution in [-0.2, 0) is 4.74 Å². The van der Waals surface area contributed by atoms with Crippen molar-refractivity contribution < 1.29 is 9.53 Å². The number of anilines is 1. The van der Waals surface area contributed by atoms with E-state index in [-0.39, 0.29) is 0 Å². The minimum absolute atomic E-state index is 0.412. The van der Waals surface area contributed by atoms with Crippen molar-refractivity contribution in [3.05, 3.63) is 18.2 Å². The van der Waals surface area contributed by atoms with E-state index in [9.17, 15) is 4.79 Å². The Bertz CT molecular complexity index is 635. The number of benzene rings is 1. The van der Waals surface area contributed by atoms with Crippen LogP contribution in [0.25, 0.3) is 11.0 Å². The summed E-state index contributed by atoms with van der Waals surface area (Å²) < 4.78 is 4.56. The largest absolute Gasteiger partial charge is 0.453 e. The third-order valence-electron chi connectivity index (χ3n) is 3.82. The standard InChI is InChI=1S/C15H19N3O2S/c1-20-15(19)18-14-16-12-7-6-11(8-13(12)17-14)21-9-10-4-2-3-5-10/h6-8,10H,2-5,9H2,1H3,(H2,16,17,18,19). The Morgan fingerprint density at radius 2 is 2.29 bits per heavy atom. The molecule has 2 N–H and O–H groups in total. The molecule has 21 heavy (non-hydrogen) atoms. The van der Waals surface area contributed by atoms with E-state index < -0.39 is 6.09 Å². The summed E-state index contributed by atoms with van der Waals surface area (Å²) in [5, 5.41) is 2.54. The number of nitrogens with zero attached hydrogens (tertiary/aromatic N) is 1. The van der Waals surface area contributed by atoms with E-state index in [1.54, 1.807) is 0 Å². The van der Waals surface area contributed by atoms with Gasteiger partial charge < -0.3 is 9.72 Å². The summed E-state index contributed by atoms with van der Waals surface area (Å²) in [6.45, 7) is 0. The Kier molecular flexibility index (Phi) is 4.34. The van der Waals surface area contributed by atoms with Crippen LogP contribution in [0.15, 0.2) is 23.1 Å². The van der Waals surface area contributed by atoms with E-state index in [2.05, 4.69) is 32.2 Å². The number of H-pyrrole nitrogens is 1. The van der Waals surface area contributed by atoms with Crippen LogP contribution in [-0.4, -0.2) is 28.9 Å². The highest BCUT2D eigenvalue weighted by Crippen LogP contribution is 2.31. The zero-order valence-electron chi connectivity index (χ0n) is 12.0. The lowest BCUT2D eigenvalue weighted by molar-refractivity contribution is 0.186. The number of amides is 1. The fraction of sp³-hybridized carbons (Fsp3) is 0.467. The molecular formula is C15H19N3O2S. The maximum atomic E-state index is 11.2. The molecule has 0 atom stereocenters. The van der Waals surface area contributed by atoms with Crippen LogP contribution < -0.4 is 5.32 Å². The second kappa shape index (κ2) is 6.39. The summed E-state index contributed by atoms with van der Waals surface area (Å²) in [5.41, 5.74) is 1.77. The van der Waals surface area contributed by atoms with Gasteiger partial charge in [-0.1, -0.05) is 12.8 Å². The molecule has 0 unspecified atom stereocenters. The number of thioether (sulfide) groups is 1. The first-order valence-electron chi connectivity index (χ1n) is 7.22. The van der Waals surface area contributed by atoms with Crippen LogP contribution in [0.2, 0.25) is 0 Å². The van der Waals surface area contributed by atoms with E-state index in [0.29, 0.717) is 5.95 Å². The molecular weight excluding hydrogens is 286 g/mol. The first-order chi connectivity index (χ1) is 10.2. The Morgan fingerprint density at radius 3 is 3.05 bits per heavy atom. The van der Waals surface area contributed by atoms with Crippen LogP contribution in [0.5, 0.6) is 0 Å². The molecule has 1 aliphatic carbocycles. The van der Waals surface area contributed by atoms with Gasteiger partial charge in [0.25, 0.3) is 0 Å². The highest BCUT2D eigenvalue weighted by molar-refractivity contribution is 7.99. The van der Waals surface area contributed by atoms with E-state index in [0.717, 1.165) is 17.0 Å². The summed E-state index contributed by atoms with van der Waals surface area (Å²) in [5.74, 6) is 2.46. The van der Waals surface area contributed by atoms with Crippen LogP contribution in [0.1, 0.15) is 25.7 Å². The van der Waals surface area contributed by atoms with Gasteiger partial charge in [0.05, 0.1) is 18.1 Å². The minimum atomic E-state index is -0.523. The fourth-order valence-corrected chi connectivity index (χ4v) is 3.79. The quantitative estimate of drug-likeness (QED) is 0.837. The lowest BCUT2D eigenvalue weighted by atomic mass is 10.1. The van der Waals surface area contributed by atoms with Crippen molar-refractivity contribution in [1.29, 1.82) is 0 Å². The lowest BCUT2D eigenvalue weighted by Crippen LogP contribution is -2.11. The summed E-state index contributed by atoms with van der Waals surface area (Å²) in [6, 6.07) is 6.16. The first-order valence-corrected chi connectivity index (χ1v) is 8.20. The van der Waals surface area contributed by atoms with Gasteiger partial charge in [0.1, 0.15) is 0 Å². The average Bonchev–Trinajstić information content (AvgIpc) is 3.13. The third-order valence-corrected chi connectivity index (χ3v) is 5.05. The molecule has 1 aromatic heterocycles.